The molecule has 14 heavy (non-hydrogen) atoms. The largest absolute Gasteiger partial charge is 0.261 e. The van der Waals surface area contributed by atoms with Crippen LogP contribution in [0.25, 0.3) is 0 Å². The third-order valence-corrected chi connectivity index (χ3v) is 1.84. The SMILES string of the molecule is NN(c1ccccc1)c1cccnn1. The lowest BCUT2D eigenvalue weighted by Crippen LogP contribution is -2.25. The Bertz CT molecular complexity index is 348. The molecule has 0 saturated heterocycles. The minimum Gasteiger partial charge on any atom is -0.261 e. The van der Waals surface area contributed by atoms with E-state index < -0.39 is 0 Å². The molecule has 0 bridgehead atoms. The maximum atomic E-state index is 5.85. The van der Waals surface area contributed by atoms with Crippen molar-refractivity contribution in [2.45, 2.75) is 0 Å². The van der Waals surface area contributed by atoms with Gasteiger partial charge in [0.25, 0.3) is 0 Å². The summed E-state index contributed by atoms with van der Waals surface area (Å²) in [4.78, 5) is 0. The molecule has 0 fully saturated rings. The van der Waals surface area contributed by atoms with E-state index in [2.05, 4.69) is 10.2 Å². The van der Waals surface area contributed by atoms with E-state index in [1.807, 2.05) is 30.3 Å². The number of benzene rings is 1. The summed E-state index contributed by atoms with van der Waals surface area (Å²) in [6.45, 7) is 0. The van der Waals surface area contributed by atoms with E-state index in [4.69, 9.17) is 5.84 Å². The number of para-hydroxylation sites is 1. The van der Waals surface area contributed by atoms with Crippen molar-refractivity contribution >= 4 is 11.5 Å². The van der Waals surface area contributed by atoms with E-state index >= 15 is 0 Å². The van der Waals surface area contributed by atoms with Crippen LogP contribution in [0, 0.1) is 0 Å². The van der Waals surface area contributed by atoms with Crippen LogP contribution >= 0.6 is 0 Å². The number of hydrogen-bond donors (Lipinski definition) is 1. The highest BCUT2D eigenvalue weighted by molar-refractivity contribution is 5.56. The molecule has 2 rings (SSSR count). The monoisotopic (exact) mass is 186 g/mol. The highest BCUT2D eigenvalue weighted by Crippen LogP contribution is 2.17. The van der Waals surface area contributed by atoms with Gasteiger partial charge in [-0.05, 0) is 24.3 Å². The zero-order chi connectivity index (χ0) is 9.80. The fourth-order valence-corrected chi connectivity index (χ4v) is 1.14. The topological polar surface area (TPSA) is 55.0 Å². The van der Waals surface area contributed by atoms with Crippen LogP contribution in [0.5, 0.6) is 0 Å². The van der Waals surface area contributed by atoms with Gasteiger partial charge in [-0.1, -0.05) is 18.2 Å². The molecule has 0 saturated carbocycles. The van der Waals surface area contributed by atoms with Crippen LogP contribution in [0.2, 0.25) is 0 Å². The standard InChI is InChI=1S/C10H10N4/c11-14(9-5-2-1-3-6-9)10-7-4-8-12-13-10/h1-8H,11H2. The van der Waals surface area contributed by atoms with Gasteiger partial charge in [-0.2, -0.15) is 5.10 Å². The summed E-state index contributed by atoms with van der Waals surface area (Å²) in [6, 6.07) is 13.2. The van der Waals surface area contributed by atoms with Crippen LogP contribution in [0.4, 0.5) is 11.5 Å². The molecule has 0 radical (unpaired) electrons. The molecule has 70 valence electrons. The normalized spacial score (nSPS) is 9.79. The molecule has 1 aromatic heterocycles. The summed E-state index contributed by atoms with van der Waals surface area (Å²) < 4.78 is 0. The van der Waals surface area contributed by atoms with E-state index in [0.717, 1.165) is 5.69 Å². The average Bonchev–Trinajstić information content (AvgIpc) is 2.30. The molecule has 0 spiro atoms. The number of hydrazine groups is 1. The number of rotatable bonds is 2. The second-order valence-electron chi connectivity index (χ2n) is 2.79. The highest BCUT2D eigenvalue weighted by atomic mass is 15.4. The smallest absolute Gasteiger partial charge is 0.169 e. The van der Waals surface area contributed by atoms with Gasteiger partial charge in [0, 0.05) is 6.20 Å². The first-order chi connectivity index (χ1) is 6.88. The average molecular weight is 186 g/mol. The number of nitrogens with zero attached hydrogens (tertiary/aromatic N) is 3. The predicted molar refractivity (Wildman–Crippen MR) is 54.8 cm³/mol. The zero-order valence-electron chi connectivity index (χ0n) is 7.54. The van der Waals surface area contributed by atoms with Gasteiger partial charge < -0.3 is 0 Å². The van der Waals surface area contributed by atoms with Gasteiger partial charge in [0.05, 0.1) is 5.69 Å². The first-order valence-electron chi connectivity index (χ1n) is 4.25. The van der Waals surface area contributed by atoms with Gasteiger partial charge in [-0.25, -0.2) is 5.84 Å². The van der Waals surface area contributed by atoms with Crippen LogP contribution in [-0.2, 0) is 0 Å². The fourth-order valence-electron chi connectivity index (χ4n) is 1.14. The Morgan fingerprint density at radius 2 is 1.79 bits per heavy atom. The Hall–Kier alpha value is -1.94. The minimum atomic E-state index is 0.624. The summed E-state index contributed by atoms with van der Waals surface area (Å²) in [5.41, 5.74) is 0.882. The number of anilines is 2. The first kappa shape index (κ1) is 8.65. The highest BCUT2D eigenvalue weighted by Gasteiger charge is 2.03. The van der Waals surface area contributed by atoms with E-state index in [1.165, 1.54) is 5.01 Å². The van der Waals surface area contributed by atoms with Gasteiger partial charge in [0.2, 0.25) is 0 Å². The molecule has 1 aromatic carbocycles. The number of nitrogens with two attached hydrogens (primary N) is 1. The molecule has 2 aromatic rings. The Balaban J connectivity index is 2.30. The molecule has 0 aliphatic carbocycles. The molecule has 0 amide bonds. The Morgan fingerprint density at radius 3 is 2.43 bits per heavy atom. The van der Waals surface area contributed by atoms with Crippen LogP contribution in [0.1, 0.15) is 0 Å². The molecule has 4 heteroatoms. The van der Waals surface area contributed by atoms with Crippen molar-refractivity contribution < 1.29 is 0 Å². The molecular formula is C10H10N4. The third-order valence-electron chi connectivity index (χ3n) is 1.84. The molecule has 0 atom stereocenters. The molecule has 2 N–H and O–H groups in total. The van der Waals surface area contributed by atoms with Crippen LogP contribution in [0.15, 0.2) is 48.7 Å². The summed E-state index contributed by atoms with van der Waals surface area (Å²) in [5, 5.41) is 9.16. The fraction of sp³-hybridized carbons (Fsp3) is 0. The predicted octanol–water partition coefficient (Wildman–Crippen LogP) is 1.49. The molecular weight excluding hydrogens is 176 g/mol. The van der Waals surface area contributed by atoms with Crippen molar-refractivity contribution in [3.63, 3.8) is 0 Å². The zero-order valence-corrected chi connectivity index (χ0v) is 7.54. The van der Waals surface area contributed by atoms with E-state index in [1.54, 1.807) is 18.3 Å². The summed E-state index contributed by atoms with van der Waals surface area (Å²) in [6.07, 6.45) is 1.61. The van der Waals surface area contributed by atoms with Gasteiger partial charge in [-0.15, -0.1) is 5.10 Å². The Kier molecular flexibility index (Phi) is 2.38. The van der Waals surface area contributed by atoms with Crippen LogP contribution < -0.4 is 10.9 Å². The van der Waals surface area contributed by atoms with E-state index in [-0.39, 0.29) is 0 Å². The van der Waals surface area contributed by atoms with Gasteiger partial charge in [-0.3, -0.25) is 5.01 Å². The molecule has 1 heterocycles. The van der Waals surface area contributed by atoms with E-state index in [9.17, 15) is 0 Å². The molecule has 4 nitrogen and oxygen atoms in total. The van der Waals surface area contributed by atoms with Crippen molar-refractivity contribution in [2.75, 3.05) is 5.01 Å². The van der Waals surface area contributed by atoms with E-state index in [0.29, 0.717) is 5.82 Å². The quantitative estimate of drug-likeness (QED) is 0.570. The van der Waals surface area contributed by atoms with Crippen molar-refractivity contribution in [3.05, 3.63) is 48.7 Å². The van der Waals surface area contributed by atoms with Crippen molar-refractivity contribution in [3.8, 4) is 0 Å². The second kappa shape index (κ2) is 3.85. The van der Waals surface area contributed by atoms with Crippen molar-refractivity contribution in [2.24, 2.45) is 5.84 Å². The Morgan fingerprint density at radius 1 is 1.00 bits per heavy atom. The first-order valence-corrected chi connectivity index (χ1v) is 4.25. The maximum absolute atomic E-state index is 5.85. The van der Waals surface area contributed by atoms with Crippen molar-refractivity contribution in [1.29, 1.82) is 0 Å². The summed E-state index contributed by atoms with van der Waals surface area (Å²) in [5.74, 6) is 6.47. The van der Waals surface area contributed by atoms with Crippen LogP contribution in [-0.4, -0.2) is 10.2 Å². The van der Waals surface area contributed by atoms with Crippen molar-refractivity contribution in [1.82, 2.24) is 10.2 Å². The lowest BCUT2D eigenvalue weighted by molar-refractivity contribution is 0.952. The summed E-state index contributed by atoms with van der Waals surface area (Å²) >= 11 is 0. The Labute approximate surface area is 82.0 Å². The lowest BCUT2D eigenvalue weighted by Gasteiger charge is -2.15. The molecule has 0 unspecified atom stereocenters. The molecule has 0 aliphatic rings. The maximum Gasteiger partial charge on any atom is 0.169 e. The van der Waals surface area contributed by atoms with Gasteiger partial charge in [0.15, 0.2) is 5.82 Å². The van der Waals surface area contributed by atoms with Gasteiger partial charge >= 0.3 is 0 Å². The molecule has 0 aliphatic heterocycles. The second-order valence-corrected chi connectivity index (χ2v) is 2.79. The lowest BCUT2D eigenvalue weighted by atomic mass is 10.3. The van der Waals surface area contributed by atoms with Gasteiger partial charge in [0.1, 0.15) is 0 Å². The number of hydrogen-bond acceptors (Lipinski definition) is 4. The summed E-state index contributed by atoms with van der Waals surface area (Å²) in [7, 11) is 0. The minimum absolute atomic E-state index is 0.624. The number of aromatic nitrogens is 2. The van der Waals surface area contributed by atoms with Crippen LogP contribution in [0.3, 0.4) is 0 Å². The third kappa shape index (κ3) is 1.70.